The minimum Gasteiger partial charge on any atom is -0.258 e. The van der Waals surface area contributed by atoms with Crippen molar-refractivity contribution in [1.29, 1.82) is 0 Å². The number of halogens is 2. The predicted octanol–water partition coefficient (Wildman–Crippen LogP) is 2.02. The molecule has 0 spiro atoms. The van der Waals surface area contributed by atoms with E-state index in [0.29, 0.717) is 12.2 Å². The van der Waals surface area contributed by atoms with Crippen LogP contribution in [-0.4, -0.2) is 4.92 Å². The fraction of sp³-hybridized carbons (Fsp3) is 0. The minimum absolute atomic E-state index is 0.474. The van der Waals surface area contributed by atoms with E-state index in [2.05, 4.69) is 0 Å². The highest BCUT2D eigenvalue weighted by Crippen LogP contribution is 2.14. The van der Waals surface area contributed by atoms with Gasteiger partial charge in [-0.2, -0.15) is 0 Å². The van der Waals surface area contributed by atoms with Gasteiger partial charge in [-0.05, 0) is 11.8 Å². The average molecular weight is 171 g/mol. The maximum atomic E-state index is 12.4. The van der Waals surface area contributed by atoms with Crippen LogP contribution in [0.25, 0.3) is 0 Å². The first-order chi connectivity index (χ1) is 5.61. The van der Waals surface area contributed by atoms with Gasteiger partial charge in [-0.1, -0.05) is 0 Å². The van der Waals surface area contributed by atoms with Crippen molar-refractivity contribution in [3.63, 3.8) is 0 Å². The van der Waals surface area contributed by atoms with Crippen LogP contribution in [0.5, 0.6) is 0 Å². The van der Waals surface area contributed by atoms with Gasteiger partial charge in [0.05, 0.1) is 4.92 Å². The normalized spacial score (nSPS) is 16.0. The number of hydrogen-bond acceptors (Lipinski definition) is 2. The molecule has 0 heterocycles. The van der Waals surface area contributed by atoms with Crippen molar-refractivity contribution >= 4 is 0 Å². The van der Waals surface area contributed by atoms with Gasteiger partial charge >= 0.3 is 5.70 Å². The van der Waals surface area contributed by atoms with E-state index in [-0.39, 0.29) is 0 Å². The van der Waals surface area contributed by atoms with Gasteiger partial charge in [-0.25, -0.2) is 8.78 Å². The number of nitrogens with zero attached hydrogens (tertiary/aromatic N) is 1. The van der Waals surface area contributed by atoms with E-state index < -0.39 is 22.3 Å². The van der Waals surface area contributed by atoms with E-state index in [4.69, 9.17) is 0 Å². The second-order valence-corrected chi connectivity index (χ2v) is 1.96. The summed E-state index contributed by atoms with van der Waals surface area (Å²) in [6.07, 6.45) is 2.12. The van der Waals surface area contributed by atoms with Crippen LogP contribution < -0.4 is 0 Å². The van der Waals surface area contributed by atoms with Gasteiger partial charge in [-0.3, -0.25) is 10.1 Å². The molecule has 0 aliphatic heterocycles. The third-order valence-electron chi connectivity index (χ3n) is 1.16. The highest BCUT2D eigenvalue weighted by atomic mass is 19.2. The van der Waals surface area contributed by atoms with Crippen LogP contribution in [0.15, 0.2) is 41.3 Å². The lowest BCUT2D eigenvalue weighted by atomic mass is 10.4. The zero-order chi connectivity index (χ0) is 9.14. The zero-order valence-corrected chi connectivity index (χ0v) is 5.75. The van der Waals surface area contributed by atoms with Gasteiger partial charge < -0.3 is 0 Å². The lowest BCUT2D eigenvalue weighted by Crippen LogP contribution is -1.92. The van der Waals surface area contributed by atoms with Crippen LogP contribution >= 0.6 is 0 Å². The number of hydrogen-bond donors (Lipinski definition) is 0. The topological polar surface area (TPSA) is 43.1 Å². The second-order valence-electron chi connectivity index (χ2n) is 1.96. The summed E-state index contributed by atoms with van der Waals surface area (Å²) in [4.78, 5) is 9.31. The molecule has 0 bridgehead atoms. The predicted molar refractivity (Wildman–Crippen MR) is 37.0 cm³/mol. The summed E-state index contributed by atoms with van der Waals surface area (Å²) >= 11 is 0. The monoisotopic (exact) mass is 171 g/mol. The highest BCUT2D eigenvalue weighted by Gasteiger charge is 2.09. The number of nitro groups is 1. The number of rotatable bonds is 1. The van der Waals surface area contributed by atoms with Crippen molar-refractivity contribution < 1.29 is 13.7 Å². The first-order valence-electron chi connectivity index (χ1n) is 2.95. The van der Waals surface area contributed by atoms with Crippen LogP contribution in [0.1, 0.15) is 0 Å². The van der Waals surface area contributed by atoms with Crippen molar-refractivity contribution in [1.82, 2.24) is 0 Å². The molecule has 0 atom stereocenters. The molecule has 1 rings (SSSR count). The number of allylic oxidation sites excluding steroid dienone is 4. The standard InChI is InChI=1S/C7H3F2NO2/c8-6-3-1-5(10(11)12)2-4-7(6)9/h1,3-4H. The summed E-state index contributed by atoms with van der Waals surface area (Å²) in [5, 5.41) is 10.1. The lowest BCUT2D eigenvalue weighted by molar-refractivity contribution is -0.418. The fourth-order valence-corrected chi connectivity index (χ4v) is 0.600. The summed E-state index contributed by atoms with van der Waals surface area (Å²) in [6.45, 7) is 0. The summed E-state index contributed by atoms with van der Waals surface area (Å²) in [7, 11) is 0. The summed E-state index contributed by atoms with van der Waals surface area (Å²) < 4.78 is 24.8. The Labute approximate surface area is 66.1 Å². The summed E-state index contributed by atoms with van der Waals surface area (Å²) in [6, 6.07) is 0. The summed E-state index contributed by atoms with van der Waals surface area (Å²) in [5.41, 5.74) is 1.52. The molecule has 0 saturated carbocycles. The maximum Gasteiger partial charge on any atom is 0.312 e. The third kappa shape index (κ3) is 1.65. The van der Waals surface area contributed by atoms with Crippen molar-refractivity contribution in [3.8, 4) is 0 Å². The van der Waals surface area contributed by atoms with Gasteiger partial charge in [0.1, 0.15) is 0 Å². The van der Waals surface area contributed by atoms with Crippen molar-refractivity contribution in [3.05, 3.63) is 51.4 Å². The van der Waals surface area contributed by atoms with Crippen LogP contribution in [0, 0.1) is 10.1 Å². The SMILES string of the molecule is O=[N+]([O-])C1=C=CC(F)=C(F)C=C1. The fourth-order valence-electron chi connectivity index (χ4n) is 0.600. The highest BCUT2D eigenvalue weighted by molar-refractivity contribution is 5.31. The van der Waals surface area contributed by atoms with Crippen LogP contribution in [0.2, 0.25) is 0 Å². The average Bonchev–Trinajstić information content (AvgIpc) is 2.16. The molecule has 0 saturated heterocycles. The molecule has 0 fully saturated rings. The van der Waals surface area contributed by atoms with Crippen LogP contribution in [0.4, 0.5) is 8.78 Å². The lowest BCUT2D eigenvalue weighted by Gasteiger charge is -1.83. The van der Waals surface area contributed by atoms with E-state index in [9.17, 15) is 18.9 Å². The first-order valence-corrected chi connectivity index (χ1v) is 2.95. The smallest absolute Gasteiger partial charge is 0.258 e. The molecule has 0 amide bonds. The Balaban J connectivity index is 3.12. The quantitative estimate of drug-likeness (QED) is 0.344. The Kier molecular flexibility index (Phi) is 2.16. The zero-order valence-electron chi connectivity index (χ0n) is 5.75. The molecule has 0 aromatic heterocycles. The van der Waals surface area contributed by atoms with Gasteiger partial charge in [0.25, 0.3) is 0 Å². The minimum atomic E-state index is -1.16. The van der Waals surface area contributed by atoms with E-state index in [1.807, 2.05) is 5.73 Å². The van der Waals surface area contributed by atoms with Crippen LogP contribution in [0.3, 0.4) is 0 Å². The first kappa shape index (κ1) is 8.36. The molecule has 0 aromatic carbocycles. The molecule has 5 heteroatoms. The summed E-state index contributed by atoms with van der Waals surface area (Å²) in [5.74, 6) is -2.30. The van der Waals surface area contributed by atoms with Gasteiger partial charge in [-0.15, -0.1) is 0 Å². The van der Waals surface area contributed by atoms with E-state index in [1.165, 1.54) is 0 Å². The Hall–Kier alpha value is -1.74. The Morgan fingerprint density at radius 1 is 1.33 bits per heavy atom. The molecule has 0 radical (unpaired) electrons. The molecule has 0 unspecified atom stereocenters. The maximum absolute atomic E-state index is 12.4. The van der Waals surface area contributed by atoms with Crippen molar-refractivity contribution in [2.45, 2.75) is 0 Å². The van der Waals surface area contributed by atoms with E-state index >= 15 is 0 Å². The molecular weight excluding hydrogens is 168 g/mol. The third-order valence-corrected chi connectivity index (χ3v) is 1.16. The van der Waals surface area contributed by atoms with Gasteiger partial charge in [0, 0.05) is 12.2 Å². The van der Waals surface area contributed by atoms with E-state index in [0.717, 1.165) is 6.08 Å². The largest absolute Gasteiger partial charge is 0.312 e. The van der Waals surface area contributed by atoms with Gasteiger partial charge in [0.15, 0.2) is 11.7 Å². The Morgan fingerprint density at radius 3 is 2.58 bits per heavy atom. The van der Waals surface area contributed by atoms with E-state index in [1.54, 1.807) is 0 Å². The molecule has 1 aliphatic carbocycles. The molecule has 12 heavy (non-hydrogen) atoms. The molecule has 3 nitrogen and oxygen atoms in total. The van der Waals surface area contributed by atoms with Crippen molar-refractivity contribution in [2.24, 2.45) is 0 Å². The molecule has 1 aliphatic rings. The Bertz CT molecular complexity index is 348. The van der Waals surface area contributed by atoms with Gasteiger partial charge in [0.2, 0.25) is 0 Å². The molecule has 0 N–H and O–H groups in total. The molecule has 0 aromatic rings. The molecule has 62 valence electrons. The second kappa shape index (κ2) is 3.11. The molecular formula is C7H3F2NO2. The van der Waals surface area contributed by atoms with Crippen LogP contribution in [-0.2, 0) is 0 Å². The van der Waals surface area contributed by atoms with Crippen molar-refractivity contribution in [2.75, 3.05) is 0 Å². The Morgan fingerprint density at radius 2 is 2.00 bits per heavy atom.